The Bertz CT molecular complexity index is 1860. The highest BCUT2D eigenvalue weighted by atomic mass is 16.5. The van der Waals surface area contributed by atoms with Crippen molar-refractivity contribution in [2.45, 2.75) is 19.0 Å². The van der Waals surface area contributed by atoms with Gasteiger partial charge in [0, 0.05) is 30.3 Å². The van der Waals surface area contributed by atoms with E-state index in [4.69, 9.17) is 10.00 Å². The first-order valence-corrected chi connectivity index (χ1v) is 14.4. The fourth-order valence-electron chi connectivity index (χ4n) is 4.81. The first-order chi connectivity index (χ1) is 22.3. The number of nitriles is 1. The highest BCUT2D eigenvalue weighted by Crippen LogP contribution is 2.26. The van der Waals surface area contributed by atoms with Gasteiger partial charge in [0.15, 0.2) is 0 Å². The molecule has 1 heterocycles. The van der Waals surface area contributed by atoms with Crippen molar-refractivity contribution < 1.29 is 19.1 Å². The van der Waals surface area contributed by atoms with E-state index in [1.807, 2.05) is 36.4 Å². The van der Waals surface area contributed by atoms with Crippen LogP contribution >= 0.6 is 0 Å². The number of ether oxygens (including phenoxy) is 1. The Labute approximate surface area is 266 Å². The normalized spacial score (nSPS) is 11.2. The lowest BCUT2D eigenvalue weighted by molar-refractivity contribution is -0.127. The second kappa shape index (κ2) is 14.5. The molecule has 1 aromatic heterocycles. The third-order valence-electron chi connectivity index (χ3n) is 7.28. The largest absolute Gasteiger partial charge is 0.497 e. The highest BCUT2D eigenvalue weighted by molar-refractivity contribution is 6.06. The number of nitrogens with zero attached hydrogens (tertiary/aromatic N) is 5. The predicted molar refractivity (Wildman–Crippen MR) is 173 cm³/mol. The Morgan fingerprint density at radius 3 is 2.33 bits per heavy atom. The molecule has 0 aliphatic carbocycles. The number of anilines is 2. The molecule has 5 rings (SSSR count). The fraction of sp³-hybridized carbons (Fsp3) is 0.143. The first-order valence-electron chi connectivity index (χ1n) is 14.4. The van der Waals surface area contributed by atoms with Gasteiger partial charge in [-0.3, -0.25) is 14.4 Å². The van der Waals surface area contributed by atoms with Crippen LogP contribution in [-0.2, 0) is 22.6 Å². The molecule has 0 aliphatic heterocycles. The van der Waals surface area contributed by atoms with Crippen molar-refractivity contribution in [3.63, 3.8) is 0 Å². The molecule has 11 nitrogen and oxygen atoms in total. The number of methoxy groups -OCH3 is 1. The molecule has 5 aromatic rings. The summed E-state index contributed by atoms with van der Waals surface area (Å²) in [6.45, 7) is -0.183. The molecule has 0 spiro atoms. The van der Waals surface area contributed by atoms with E-state index >= 15 is 0 Å². The average molecular weight is 614 g/mol. The van der Waals surface area contributed by atoms with Crippen LogP contribution in [0.5, 0.6) is 5.75 Å². The second-order valence-corrected chi connectivity index (χ2v) is 10.4. The summed E-state index contributed by atoms with van der Waals surface area (Å²) in [4.78, 5) is 41.3. The van der Waals surface area contributed by atoms with Crippen molar-refractivity contribution in [1.29, 1.82) is 5.26 Å². The van der Waals surface area contributed by atoms with Crippen LogP contribution in [0, 0.1) is 11.3 Å². The molecule has 0 saturated heterocycles. The molecule has 0 unspecified atom stereocenters. The van der Waals surface area contributed by atoms with Crippen molar-refractivity contribution in [2.75, 3.05) is 24.4 Å². The van der Waals surface area contributed by atoms with Gasteiger partial charge in [-0.25, -0.2) is 4.68 Å². The minimum absolute atomic E-state index is 0.183. The lowest BCUT2D eigenvalue weighted by atomic mass is 10.0. The number of nitrogens with one attached hydrogen (secondary N) is 2. The molecule has 11 heteroatoms. The number of hydrogen-bond donors (Lipinski definition) is 2. The summed E-state index contributed by atoms with van der Waals surface area (Å²) in [6.07, 6.45) is 1.89. The maximum absolute atomic E-state index is 13.6. The summed E-state index contributed by atoms with van der Waals surface area (Å²) in [6, 6.07) is 31.2. The highest BCUT2D eigenvalue weighted by Gasteiger charge is 2.26. The Morgan fingerprint density at radius 2 is 1.63 bits per heavy atom. The molecule has 2 N–H and O–H groups in total. The number of benzene rings is 4. The van der Waals surface area contributed by atoms with E-state index in [1.165, 1.54) is 9.58 Å². The molecule has 46 heavy (non-hydrogen) atoms. The Morgan fingerprint density at radius 1 is 0.935 bits per heavy atom. The third kappa shape index (κ3) is 7.62. The van der Waals surface area contributed by atoms with E-state index in [0.29, 0.717) is 45.9 Å². The maximum atomic E-state index is 13.6. The number of aromatic nitrogens is 3. The van der Waals surface area contributed by atoms with E-state index in [2.05, 4.69) is 20.9 Å². The van der Waals surface area contributed by atoms with Gasteiger partial charge in [0.05, 0.1) is 30.6 Å². The lowest BCUT2D eigenvalue weighted by Crippen LogP contribution is -2.49. The van der Waals surface area contributed by atoms with E-state index < -0.39 is 11.9 Å². The van der Waals surface area contributed by atoms with Crippen LogP contribution in [0.1, 0.15) is 21.5 Å². The Kier molecular flexibility index (Phi) is 9.79. The molecule has 1 atom stereocenters. The number of carbonyl (C=O) groups is 3. The molecule has 0 bridgehead atoms. The van der Waals surface area contributed by atoms with Gasteiger partial charge in [0.1, 0.15) is 24.0 Å². The molecule has 0 saturated carbocycles. The number of hydrogen-bond acceptors (Lipinski definition) is 7. The molecule has 0 radical (unpaired) electrons. The van der Waals surface area contributed by atoms with Gasteiger partial charge in [-0.2, -0.15) is 5.26 Å². The minimum Gasteiger partial charge on any atom is -0.497 e. The Hall–Kier alpha value is -6.28. The lowest BCUT2D eigenvalue weighted by Gasteiger charge is -2.25. The van der Waals surface area contributed by atoms with Gasteiger partial charge >= 0.3 is 0 Å². The molecule has 0 aliphatic rings. The maximum Gasteiger partial charge on any atom is 0.255 e. The number of carbonyl (C=O) groups excluding carboxylic acids is 3. The fourth-order valence-corrected chi connectivity index (χ4v) is 4.81. The summed E-state index contributed by atoms with van der Waals surface area (Å²) in [5.74, 6) is -0.385. The van der Waals surface area contributed by atoms with Gasteiger partial charge in [-0.1, -0.05) is 53.7 Å². The summed E-state index contributed by atoms with van der Waals surface area (Å²) in [5, 5.41) is 23.1. The van der Waals surface area contributed by atoms with Crippen molar-refractivity contribution >= 4 is 29.1 Å². The van der Waals surface area contributed by atoms with Crippen molar-refractivity contribution in [3.05, 3.63) is 126 Å². The standard InChI is InChI=1S/C35H31N7O4/c1-41(27-16-18-28(46-2)19-17-27)35(45)31(20-24-8-4-3-5-9-24)37-33(43)23-42-22-32(39-40-42)29-10-6-7-11-30(29)38-34(44)26-14-12-25(21-36)13-15-26/h3-19,22,31H,20,23H2,1-2H3,(H,37,43)(H,38,44)/t31-/m0/s1. The summed E-state index contributed by atoms with van der Waals surface area (Å²) in [7, 11) is 3.24. The zero-order valence-corrected chi connectivity index (χ0v) is 25.3. The third-order valence-corrected chi connectivity index (χ3v) is 7.28. The Balaban J connectivity index is 1.29. The van der Waals surface area contributed by atoms with Gasteiger partial charge in [-0.15, -0.1) is 5.10 Å². The van der Waals surface area contributed by atoms with Gasteiger partial charge in [0.25, 0.3) is 5.91 Å². The number of para-hydroxylation sites is 1. The van der Waals surface area contributed by atoms with Gasteiger partial charge < -0.3 is 20.3 Å². The van der Waals surface area contributed by atoms with E-state index in [0.717, 1.165) is 5.56 Å². The molecule has 0 fully saturated rings. The van der Waals surface area contributed by atoms with E-state index in [1.54, 1.807) is 93.2 Å². The average Bonchev–Trinajstić information content (AvgIpc) is 3.56. The van der Waals surface area contributed by atoms with Gasteiger partial charge in [0.2, 0.25) is 11.8 Å². The summed E-state index contributed by atoms with van der Waals surface area (Å²) < 4.78 is 6.60. The zero-order valence-electron chi connectivity index (χ0n) is 25.3. The van der Waals surface area contributed by atoms with Crippen molar-refractivity contribution in [2.24, 2.45) is 0 Å². The quantitative estimate of drug-likeness (QED) is 0.224. The van der Waals surface area contributed by atoms with Gasteiger partial charge in [-0.05, 0) is 60.2 Å². The van der Waals surface area contributed by atoms with Crippen LogP contribution in [-0.4, -0.2) is 52.9 Å². The van der Waals surface area contributed by atoms with Crippen molar-refractivity contribution in [3.8, 4) is 23.1 Å². The molecule has 4 aromatic carbocycles. The molecule has 3 amide bonds. The first kappa shape index (κ1) is 31.2. The van der Waals surface area contributed by atoms with Crippen LogP contribution in [0.2, 0.25) is 0 Å². The van der Waals surface area contributed by atoms with Crippen LogP contribution in [0.4, 0.5) is 11.4 Å². The summed E-state index contributed by atoms with van der Waals surface area (Å²) >= 11 is 0. The van der Waals surface area contributed by atoms with Crippen LogP contribution in [0.3, 0.4) is 0 Å². The second-order valence-electron chi connectivity index (χ2n) is 10.4. The molecular formula is C35H31N7O4. The topological polar surface area (TPSA) is 142 Å². The van der Waals surface area contributed by atoms with E-state index in [-0.39, 0.29) is 18.4 Å². The number of rotatable bonds is 11. The number of likely N-dealkylation sites (N-methyl/N-ethyl adjacent to an activating group) is 1. The minimum atomic E-state index is -0.844. The zero-order chi connectivity index (χ0) is 32.5. The SMILES string of the molecule is COc1ccc(N(C)C(=O)[C@H](Cc2ccccc2)NC(=O)Cn2cc(-c3ccccc3NC(=O)c3ccc(C#N)cc3)nn2)cc1. The van der Waals surface area contributed by atoms with E-state index in [9.17, 15) is 14.4 Å². The van der Waals surface area contributed by atoms with Crippen LogP contribution in [0.25, 0.3) is 11.3 Å². The monoisotopic (exact) mass is 613 g/mol. The predicted octanol–water partition coefficient (Wildman–Crippen LogP) is 4.47. The molecule has 230 valence electrons. The molecular weight excluding hydrogens is 582 g/mol. The smallest absolute Gasteiger partial charge is 0.255 e. The van der Waals surface area contributed by atoms with Crippen LogP contribution < -0.4 is 20.3 Å². The summed E-state index contributed by atoms with van der Waals surface area (Å²) in [5.41, 5.74) is 3.96. The van der Waals surface area contributed by atoms with Crippen molar-refractivity contribution in [1.82, 2.24) is 20.3 Å². The van der Waals surface area contributed by atoms with Crippen LogP contribution in [0.15, 0.2) is 109 Å². The number of amides is 3.